The van der Waals surface area contributed by atoms with E-state index in [0.717, 1.165) is 12.8 Å². The molecule has 0 aliphatic heterocycles. The van der Waals surface area contributed by atoms with Gasteiger partial charge in [-0.25, -0.2) is 13.2 Å². The number of ether oxygens (including phenoxy) is 2. The van der Waals surface area contributed by atoms with Gasteiger partial charge in [0.2, 0.25) is 0 Å². The SMILES string of the molecule is CCCCCCCCCCCCCCCCCCNC(=O)OCC(CS(=O)(=O)CCCO)OC. The highest BCUT2D eigenvalue weighted by molar-refractivity contribution is 7.91. The first kappa shape index (κ1) is 33.1. The first-order valence-corrected chi connectivity index (χ1v) is 15.5. The third-order valence-electron chi connectivity index (χ3n) is 6.09. The Bertz CT molecular complexity index is 555. The molecule has 34 heavy (non-hydrogen) atoms. The van der Waals surface area contributed by atoms with Crippen molar-refractivity contribution >= 4 is 15.9 Å². The molecule has 0 aromatic heterocycles. The van der Waals surface area contributed by atoms with E-state index in [9.17, 15) is 13.2 Å². The standard InChI is InChI=1S/C26H53NO6S/c1-3-4-5-6-7-8-9-10-11-12-13-14-15-16-17-18-20-27-26(29)33-23-25(32-2)24-34(30,31)22-19-21-28/h25,28H,3-24H2,1-2H3,(H,27,29). The summed E-state index contributed by atoms with van der Waals surface area (Å²) in [4.78, 5) is 11.8. The van der Waals surface area contributed by atoms with E-state index in [1.54, 1.807) is 0 Å². The van der Waals surface area contributed by atoms with Gasteiger partial charge in [-0.05, 0) is 12.8 Å². The maximum absolute atomic E-state index is 11.9. The summed E-state index contributed by atoms with van der Waals surface area (Å²) in [6, 6.07) is 0. The van der Waals surface area contributed by atoms with E-state index in [-0.39, 0.29) is 31.1 Å². The lowest BCUT2D eigenvalue weighted by atomic mass is 10.0. The van der Waals surface area contributed by atoms with Gasteiger partial charge in [0.15, 0.2) is 9.84 Å². The Morgan fingerprint density at radius 1 is 0.794 bits per heavy atom. The van der Waals surface area contributed by atoms with Crippen molar-refractivity contribution in [3.63, 3.8) is 0 Å². The molecule has 0 aliphatic carbocycles. The minimum atomic E-state index is -3.35. The van der Waals surface area contributed by atoms with E-state index >= 15 is 0 Å². The van der Waals surface area contributed by atoms with Crippen LogP contribution in [0.25, 0.3) is 0 Å². The highest BCUT2D eigenvalue weighted by Crippen LogP contribution is 2.13. The molecule has 1 unspecified atom stereocenters. The zero-order valence-corrected chi connectivity index (χ0v) is 22.8. The Morgan fingerprint density at radius 3 is 1.71 bits per heavy atom. The van der Waals surface area contributed by atoms with Crippen LogP contribution in [0.15, 0.2) is 0 Å². The Hall–Kier alpha value is -0.860. The summed E-state index contributed by atoms with van der Waals surface area (Å²) in [5.74, 6) is -0.329. The molecule has 8 heteroatoms. The fraction of sp³-hybridized carbons (Fsp3) is 0.962. The number of unbranched alkanes of at least 4 members (excludes halogenated alkanes) is 15. The zero-order valence-electron chi connectivity index (χ0n) is 22.0. The van der Waals surface area contributed by atoms with Gasteiger partial charge in [0.25, 0.3) is 0 Å². The molecule has 7 nitrogen and oxygen atoms in total. The molecule has 0 saturated carbocycles. The first-order chi connectivity index (χ1) is 16.4. The monoisotopic (exact) mass is 507 g/mol. The van der Waals surface area contributed by atoms with Crippen molar-refractivity contribution in [3.05, 3.63) is 0 Å². The Labute approximate surface area is 209 Å². The normalized spacial score (nSPS) is 12.6. The van der Waals surface area contributed by atoms with Crippen LogP contribution in [0.5, 0.6) is 0 Å². The quantitative estimate of drug-likeness (QED) is 0.152. The first-order valence-electron chi connectivity index (χ1n) is 13.7. The van der Waals surface area contributed by atoms with Crippen LogP contribution in [0.3, 0.4) is 0 Å². The number of alkyl carbamates (subject to hydrolysis) is 1. The van der Waals surface area contributed by atoms with E-state index in [0.29, 0.717) is 6.54 Å². The van der Waals surface area contributed by atoms with E-state index in [2.05, 4.69) is 12.2 Å². The highest BCUT2D eigenvalue weighted by atomic mass is 32.2. The highest BCUT2D eigenvalue weighted by Gasteiger charge is 2.20. The van der Waals surface area contributed by atoms with E-state index in [1.807, 2.05) is 0 Å². The summed E-state index contributed by atoms with van der Waals surface area (Å²) in [7, 11) is -1.95. The molecule has 0 spiro atoms. The van der Waals surface area contributed by atoms with Gasteiger partial charge in [-0.1, -0.05) is 103 Å². The Balaban J connectivity index is 3.49. The van der Waals surface area contributed by atoms with Gasteiger partial charge < -0.3 is 19.9 Å². The van der Waals surface area contributed by atoms with Crippen LogP contribution < -0.4 is 5.32 Å². The fourth-order valence-corrected chi connectivity index (χ4v) is 5.45. The van der Waals surface area contributed by atoms with Crippen molar-refractivity contribution < 1.29 is 27.8 Å². The van der Waals surface area contributed by atoms with Crippen LogP contribution in [-0.4, -0.2) is 64.1 Å². The molecule has 0 aromatic carbocycles. The lowest BCUT2D eigenvalue weighted by molar-refractivity contribution is 0.0477. The zero-order chi connectivity index (χ0) is 25.3. The number of nitrogens with one attached hydrogen (secondary N) is 1. The lowest BCUT2D eigenvalue weighted by Gasteiger charge is -2.16. The van der Waals surface area contributed by atoms with Crippen LogP contribution in [0.4, 0.5) is 4.79 Å². The number of carbonyl (C=O) groups excluding carboxylic acids is 1. The van der Waals surface area contributed by atoms with Crippen LogP contribution >= 0.6 is 0 Å². The van der Waals surface area contributed by atoms with Crippen LogP contribution in [-0.2, 0) is 19.3 Å². The van der Waals surface area contributed by atoms with Crippen molar-refractivity contribution in [2.24, 2.45) is 0 Å². The Kier molecular flexibility index (Phi) is 23.3. The number of hydrogen-bond donors (Lipinski definition) is 2. The van der Waals surface area contributed by atoms with Gasteiger partial charge in [0, 0.05) is 20.3 Å². The number of aliphatic hydroxyl groups is 1. The second-order valence-corrected chi connectivity index (χ2v) is 11.6. The van der Waals surface area contributed by atoms with Gasteiger partial charge in [-0.2, -0.15) is 0 Å². The third-order valence-corrected chi connectivity index (χ3v) is 7.88. The third kappa shape index (κ3) is 22.9. The minimum absolute atomic E-state index is 0.102. The molecular weight excluding hydrogens is 454 g/mol. The second-order valence-electron chi connectivity index (χ2n) is 9.38. The fourth-order valence-electron chi connectivity index (χ4n) is 3.92. The van der Waals surface area contributed by atoms with Gasteiger partial charge in [-0.3, -0.25) is 0 Å². The predicted octanol–water partition coefficient (Wildman–Crippen LogP) is 5.79. The Morgan fingerprint density at radius 2 is 1.26 bits per heavy atom. The van der Waals surface area contributed by atoms with Gasteiger partial charge in [-0.15, -0.1) is 0 Å². The molecular formula is C26H53NO6S. The molecule has 0 aliphatic rings. The number of sulfone groups is 1. The maximum atomic E-state index is 11.9. The molecule has 0 bridgehead atoms. The van der Waals surface area contributed by atoms with E-state index < -0.39 is 22.0 Å². The molecule has 0 radical (unpaired) electrons. The molecule has 1 amide bonds. The van der Waals surface area contributed by atoms with Gasteiger partial charge in [0.1, 0.15) is 12.7 Å². The van der Waals surface area contributed by atoms with Gasteiger partial charge >= 0.3 is 6.09 Å². The summed E-state index contributed by atoms with van der Waals surface area (Å²) in [6.45, 7) is 2.54. The smallest absolute Gasteiger partial charge is 0.407 e. The molecule has 1 atom stereocenters. The minimum Gasteiger partial charge on any atom is -0.447 e. The molecule has 2 N–H and O–H groups in total. The molecule has 0 saturated heterocycles. The van der Waals surface area contributed by atoms with Crippen molar-refractivity contribution in [1.82, 2.24) is 5.32 Å². The molecule has 0 fully saturated rings. The van der Waals surface area contributed by atoms with Crippen molar-refractivity contribution in [2.45, 2.75) is 122 Å². The summed E-state index contributed by atoms with van der Waals surface area (Å²) in [6.07, 6.45) is 19.9. The number of aliphatic hydroxyl groups excluding tert-OH is 1. The molecule has 204 valence electrons. The topological polar surface area (TPSA) is 102 Å². The largest absolute Gasteiger partial charge is 0.447 e. The van der Waals surface area contributed by atoms with Crippen LogP contribution in [0, 0.1) is 0 Å². The van der Waals surface area contributed by atoms with Crippen molar-refractivity contribution in [2.75, 3.05) is 38.4 Å². The van der Waals surface area contributed by atoms with Crippen molar-refractivity contribution in [3.8, 4) is 0 Å². The predicted molar refractivity (Wildman–Crippen MR) is 140 cm³/mol. The maximum Gasteiger partial charge on any atom is 0.407 e. The number of methoxy groups -OCH3 is 1. The van der Waals surface area contributed by atoms with E-state index in [4.69, 9.17) is 14.6 Å². The molecule has 0 heterocycles. The van der Waals surface area contributed by atoms with E-state index in [1.165, 1.54) is 97.0 Å². The average Bonchev–Trinajstić information content (AvgIpc) is 2.82. The average molecular weight is 508 g/mol. The van der Waals surface area contributed by atoms with Gasteiger partial charge in [0.05, 0.1) is 11.5 Å². The van der Waals surface area contributed by atoms with Crippen molar-refractivity contribution in [1.29, 1.82) is 0 Å². The number of amides is 1. The molecule has 0 aromatic rings. The second kappa shape index (κ2) is 23.9. The number of rotatable bonds is 25. The number of hydrogen-bond acceptors (Lipinski definition) is 6. The summed E-state index contributed by atoms with van der Waals surface area (Å²) < 4.78 is 34.0. The summed E-state index contributed by atoms with van der Waals surface area (Å²) in [5.41, 5.74) is 0. The summed E-state index contributed by atoms with van der Waals surface area (Å²) in [5, 5.41) is 11.5. The summed E-state index contributed by atoms with van der Waals surface area (Å²) >= 11 is 0. The lowest BCUT2D eigenvalue weighted by Crippen LogP contribution is -2.33. The van der Waals surface area contributed by atoms with Crippen LogP contribution in [0.1, 0.15) is 116 Å². The molecule has 0 rings (SSSR count). The number of carbonyl (C=O) groups is 1. The van der Waals surface area contributed by atoms with Crippen LogP contribution in [0.2, 0.25) is 0 Å².